The van der Waals surface area contributed by atoms with E-state index in [1.165, 1.54) is 14.7 Å². The number of thiophene rings is 1. The van der Waals surface area contributed by atoms with E-state index in [1.807, 2.05) is 6.07 Å². The van der Waals surface area contributed by atoms with Crippen LogP contribution in [0.5, 0.6) is 0 Å². The molecule has 0 fully saturated rings. The highest BCUT2D eigenvalue weighted by atomic mass is 79.9. The molecule has 102 valence electrons. The van der Waals surface area contributed by atoms with Gasteiger partial charge in [0.25, 0.3) is 0 Å². The summed E-state index contributed by atoms with van der Waals surface area (Å²) in [6.45, 7) is 3.02. The summed E-state index contributed by atoms with van der Waals surface area (Å²) >= 11 is 5.23. The summed E-state index contributed by atoms with van der Waals surface area (Å²) in [4.78, 5) is 1.36. The molecule has 1 unspecified atom stereocenters. The first-order chi connectivity index (χ1) is 9.19. The van der Waals surface area contributed by atoms with E-state index in [0.29, 0.717) is 0 Å². The Balaban J connectivity index is 1.89. The Morgan fingerprint density at radius 3 is 2.79 bits per heavy atom. The van der Waals surface area contributed by atoms with E-state index >= 15 is 0 Å². The standard InChI is InChI=1S/C15H17BrFNS/c1-2-14(11-4-3-5-12(17)10-11)18-9-8-13-6-7-15(16)19-13/h3-7,10,14,18H,2,8-9H2,1H3. The summed E-state index contributed by atoms with van der Waals surface area (Å²) in [6.07, 6.45) is 1.96. The summed E-state index contributed by atoms with van der Waals surface area (Å²) in [5, 5.41) is 3.50. The molecule has 2 rings (SSSR count). The Bertz CT molecular complexity index is 526. The molecule has 1 nitrogen and oxygen atoms in total. The van der Waals surface area contributed by atoms with Crippen LogP contribution in [0.25, 0.3) is 0 Å². The van der Waals surface area contributed by atoms with Crippen molar-refractivity contribution in [3.05, 3.63) is 56.4 Å². The van der Waals surface area contributed by atoms with Gasteiger partial charge in [-0.25, -0.2) is 4.39 Å². The Morgan fingerprint density at radius 1 is 1.32 bits per heavy atom. The van der Waals surface area contributed by atoms with Crippen LogP contribution in [0.4, 0.5) is 4.39 Å². The summed E-state index contributed by atoms with van der Waals surface area (Å²) in [5.74, 6) is -0.167. The summed E-state index contributed by atoms with van der Waals surface area (Å²) < 4.78 is 14.4. The van der Waals surface area contributed by atoms with Crippen molar-refractivity contribution >= 4 is 27.3 Å². The number of rotatable bonds is 6. The molecule has 0 saturated heterocycles. The minimum Gasteiger partial charge on any atom is -0.310 e. The molecule has 0 aliphatic rings. The van der Waals surface area contributed by atoms with Crippen molar-refractivity contribution < 1.29 is 4.39 Å². The number of halogens is 2. The molecule has 1 aromatic carbocycles. The minimum atomic E-state index is -0.167. The molecule has 19 heavy (non-hydrogen) atoms. The van der Waals surface area contributed by atoms with Gasteiger partial charge < -0.3 is 5.32 Å². The Labute approximate surface area is 126 Å². The molecule has 0 saturated carbocycles. The number of hydrogen-bond acceptors (Lipinski definition) is 2. The number of hydrogen-bond donors (Lipinski definition) is 1. The van der Waals surface area contributed by atoms with Gasteiger partial charge in [-0.1, -0.05) is 19.1 Å². The predicted molar refractivity (Wildman–Crippen MR) is 83.2 cm³/mol. The molecule has 1 heterocycles. The summed E-state index contributed by atoms with van der Waals surface area (Å²) in [6, 6.07) is 11.3. The van der Waals surface area contributed by atoms with E-state index < -0.39 is 0 Å². The molecule has 0 aliphatic carbocycles. The molecule has 1 aromatic heterocycles. The lowest BCUT2D eigenvalue weighted by Crippen LogP contribution is -2.23. The zero-order chi connectivity index (χ0) is 13.7. The third kappa shape index (κ3) is 4.41. The van der Waals surface area contributed by atoms with Crippen molar-refractivity contribution in [3.8, 4) is 0 Å². The first-order valence-electron chi connectivity index (χ1n) is 6.42. The van der Waals surface area contributed by atoms with Crippen LogP contribution in [0.3, 0.4) is 0 Å². The molecule has 2 aromatic rings. The second kappa shape index (κ2) is 7.17. The molecule has 0 radical (unpaired) electrons. The van der Waals surface area contributed by atoms with E-state index in [9.17, 15) is 4.39 Å². The maximum Gasteiger partial charge on any atom is 0.123 e. The topological polar surface area (TPSA) is 12.0 Å². The van der Waals surface area contributed by atoms with Crippen LogP contribution in [0.2, 0.25) is 0 Å². The maximum absolute atomic E-state index is 13.2. The molecule has 1 atom stereocenters. The van der Waals surface area contributed by atoms with Crippen LogP contribution in [0.15, 0.2) is 40.2 Å². The van der Waals surface area contributed by atoms with Gasteiger partial charge >= 0.3 is 0 Å². The van der Waals surface area contributed by atoms with Gasteiger partial charge in [-0.15, -0.1) is 11.3 Å². The lowest BCUT2D eigenvalue weighted by molar-refractivity contribution is 0.519. The Kier molecular flexibility index (Phi) is 5.55. The third-order valence-corrected chi connectivity index (χ3v) is 4.73. The molecular formula is C15H17BrFNS. The first-order valence-corrected chi connectivity index (χ1v) is 8.03. The second-order valence-electron chi connectivity index (χ2n) is 4.43. The lowest BCUT2D eigenvalue weighted by atomic mass is 10.0. The van der Waals surface area contributed by atoms with Crippen molar-refractivity contribution in [2.75, 3.05) is 6.54 Å². The van der Waals surface area contributed by atoms with Crippen LogP contribution >= 0.6 is 27.3 Å². The Morgan fingerprint density at radius 2 is 2.16 bits per heavy atom. The maximum atomic E-state index is 13.2. The van der Waals surface area contributed by atoms with E-state index in [1.54, 1.807) is 23.5 Å². The second-order valence-corrected chi connectivity index (χ2v) is 6.97. The molecule has 1 N–H and O–H groups in total. The molecule has 0 amide bonds. The van der Waals surface area contributed by atoms with Gasteiger partial charge in [0.1, 0.15) is 5.82 Å². The van der Waals surface area contributed by atoms with E-state index in [-0.39, 0.29) is 11.9 Å². The SMILES string of the molecule is CCC(NCCc1ccc(Br)s1)c1cccc(F)c1. The fourth-order valence-electron chi connectivity index (χ4n) is 2.08. The molecule has 0 bridgehead atoms. The van der Waals surface area contributed by atoms with Gasteiger partial charge in [0.2, 0.25) is 0 Å². The van der Waals surface area contributed by atoms with Crippen LogP contribution in [-0.4, -0.2) is 6.54 Å². The van der Waals surface area contributed by atoms with Crippen LogP contribution < -0.4 is 5.32 Å². The number of benzene rings is 1. The smallest absolute Gasteiger partial charge is 0.123 e. The predicted octanol–water partition coefficient (Wildman–Crippen LogP) is 4.93. The third-order valence-electron chi connectivity index (χ3n) is 3.05. The zero-order valence-electron chi connectivity index (χ0n) is 10.8. The molecule has 4 heteroatoms. The average molecular weight is 342 g/mol. The van der Waals surface area contributed by atoms with Crippen molar-refractivity contribution in [2.24, 2.45) is 0 Å². The average Bonchev–Trinajstić information content (AvgIpc) is 2.80. The monoisotopic (exact) mass is 341 g/mol. The van der Waals surface area contributed by atoms with Crippen LogP contribution in [0, 0.1) is 5.82 Å². The van der Waals surface area contributed by atoms with Crippen LogP contribution in [-0.2, 0) is 6.42 Å². The zero-order valence-corrected chi connectivity index (χ0v) is 13.2. The highest BCUT2D eigenvalue weighted by molar-refractivity contribution is 9.11. The van der Waals surface area contributed by atoms with E-state index in [4.69, 9.17) is 0 Å². The fraction of sp³-hybridized carbons (Fsp3) is 0.333. The molecular weight excluding hydrogens is 325 g/mol. The van der Waals surface area contributed by atoms with Crippen molar-refractivity contribution in [1.29, 1.82) is 0 Å². The van der Waals surface area contributed by atoms with Gasteiger partial charge in [-0.2, -0.15) is 0 Å². The fourth-order valence-corrected chi connectivity index (χ4v) is 3.56. The number of nitrogens with one attached hydrogen (secondary N) is 1. The van der Waals surface area contributed by atoms with E-state index in [2.05, 4.69) is 40.3 Å². The molecule has 0 aliphatic heterocycles. The van der Waals surface area contributed by atoms with Gasteiger partial charge in [0, 0.05) is 17.5 Å². The highest BCUT2D eigenvalue weighted by Crippen LogP contribution is 2.23. The van der Waals surface area contributed by atoms with E-state index in [0.717, 1.165) is 24.9 Å². The first kappa shape index (κ1) is 14.7. The highest BCUT2D eigenvalue weighted by Gasteiger charge is 2.09. The van der Waals surface area contributed by atoms with Crippen molar-refractivity contribution in [2.45, 2.75) is 25.8 Å². The summed E-state index contributed by atoms with van der Waals surface area (Å²) in [5.41, 5.74) is 1.02. The lowest BCUT2D eigenvalue weighted by Gasteiger charge is -2.17. The van der Waals surface area contributed by atoms with Crippen molar-refractivity contribution in [1.82, 2.24) is 5.32 Å². The van der Waals surface area contributed by atoms with Gasteiger partial charge in [-0.3, -0.25) is 0 Å². The van der Waals surface area contributed by atoms with Gasteiger partial charge in [0.05, 0.1) is 3.79 Å². The van der Waals surface area contributed by atoms with Crippen molar-refractivity contribution in [3.63, 3.8) is 0 Å². The Hall–Kier alpha value is -0.710. The normalized spacial score (nSPS) is 12.6. The quantitative estimate of drug-likeness (QED) is 0.785. The largest absolute Gasteiger partial charge is 0.310 e. The van der Waals surface area contributed by atoms with Crippen LogP contribution in [0.1, 0.15) is 29.8 Å². The minimum absolute atomic E-state index is 0.167. The van der Waals surface area contributed by atoms with Gasteiger partial charge in [0.15, 0.2) is 0 Å². The molecule has 0 spiro atoms. The summed E-state index contributed by atoms with van der Waals surface area (Å²) in [7, 11) is 0. The van der Waals surface area contributed by atoms with Gasteiger partial charge in [-0.05, 0) is 58.6 Å².